The molecule has 4 aliphatic rings. The van der Waals surface area contributed by atoms with Crippen molar-refractivity contribution in [2.24, 2.45) is 34.5 Å². The number of carbonyl (C=O) groups excluding carboxylic acids is 2. The Kier molecular flexibility index (Phi) is 3.53. The van der Waals surface area contributed by atoms with Gasteiger partial charge in [0.2, 0.25) is 0 Å². The quantitative estimate of drug-likeness (QED) is 0.692. The third-order valence-electron chi connectivity index (χ3n) is 8.06. The van der Waals surface area contributed by atoms with E-state index in [1.54, 1.807) is 0 Å². The van der Waals surface area contributed by atoms with Gasteiger partial charge in [-0.2, -0.15) is 0 Å². The molecule has 0 N–H and O–H groups in total. The lowest BCUT2D eigenvalue weighted by molar-refractivity contribution is -0.124. The topological polar surface area (TPSA) is 34.1 Å². The summed E-state index contributed by atoms with van der Waals surface area (Å²) in [5, 5.41) is 0. The van der Waals surface area contributed by atoms with Crippen LogP contribution in [0.15, 0.2) is 36.5 Å². The van der Waals surface area contributed by atoms with E-state index in [0.717, 1.165) is 25.7 Å². The van der Waals surface area contributed by atoms with E-state index >= 15 is 0 Å². The van der Waals surface area contributed by atoms with Crippen LogP contribution < -0.4 is 0 Å². The van der Waals surface area contributed by atoms with Gasteiger partial charge in [0.05, 0.1) is 0 Å². The maximum absolute atomic E-state index is 12.4. The predicted molar refractivity (Wildman–Crippen MR) is 95.3 cm³/mol. The molecule has 2 saturated carbocycles. The first-order chi connectivity index (χ1) is 11.4. The first-order valence-corrected chi connectivity index (χ1v) is 9.49. The lowest BCUT2D eigenvalue weighted by Gasteiger charge is -2.55. The molecule has 0 saturated heterocycles. The van der Waals surface area contributed by atoms with E-state index < -0.39 is 0 Å². The molecular formula is C22H28O2. The van der Waals surface area contributed by atoms with Crippen molar-refractivity contribution in [1.29, 1.82) is 0 Å². The average Bonchev–Trinajstić information content (AvgIpc) is 2.92. The van der Waals surface area contributed by atoms with Gasteiger partial charge >= 0.3 is 0 Å². The lowest BCUT2D eigenvalue weighted by Crippen LogP contribution is -2.49. The van der Waals surface area contributed by atoms with Crippen LogP contribution in [0.4, 0.5) is 0 Å². The fourth-order valence-corrected chi connectivity index (χ4v) is 6.61. The number of hydrogen-bond donors (Lipinski definition) is 0. The number of rotatable bonds is 2. The summed E-state index contributed by atoms with van der Waals surface area (Å²) in [5.74, 6) is 2.46. The Morgan fingerprint density at radius 1 is 1.21 bits per heavy atom. The van der Waals surface area contributed by atoms with Gasteiger partial charge in [0, 0.05) is 12.3 Å². The molecule has 0 amide bonds. The smallest absolute Gasteiger partial charge is 0.158 e. The number of fused-ring (bicyclic) bond motifs is 5. The van der Waals surface area contributed by atoms with Crippen LogP contribution in [0.1, 0.15) is 52.4 Å². The average molecular weight is 324 g/mol. The van der Waals surface area contributed by atoms with Gasteiger partial charge in [0.15, 0.2) is 11.6 Å². The van der Waals surface area contributed by atoms with Crippen molar-refractivity contribution in [2.45, 2.75) is 52.4 Å². The largest absolute Gasteiger partial charge is 0.295 e. The van der Waals surface area contributed by atoms with Crippen molar-refractivity contribution in [3.05, 3.63) is 36.5 Å². The van der Waals surface area contributed by atoms with Crippen LogP contribution in [-0.2, 0) is 9.59 Å². The highest BCUT2D eigenvalue weighted by molar-refractivity contribution is 5.92. The Morgan fingerprint density at radius 2 is 2.00 bits per heavy atom. The summed E-state index contributed by atoms with van der Waals surface area (Å²) in [6.07, 6.45) is 14.2. The second kappa shape index (κ2) is 5.28. The summed E-state index contributed by atoms with van der Waals surface area (Å²) in [6.45, 7) is 8.44. The van der Waals surface area contributed by atoms with Crippen LogP contribution >= 0.6 is 0 Å². The van der Waals surface area contributed by atoms with Crippen molar-refractivity contribution >= 4 is 11.6 Å². The van der Waals surface area contributed by atoms with Crippen molar-refractivity contribution in [2.75, 3.05) is 0 Å². The summed E-state index contributed by atoms with van der Waals surface area (Å²) in [6, 6.07) is 0. The third kappa shape index (κ3) is 2.01. The highest BCUT2D eigenvalue weighted by atomic mass is 16.1. The second-order valence-electron chi connectivity index (χ2n) is 8.91. The van der Waals surface area contributed by atoms with Gasteiger partial charge in [-0.1, -0.05) is 32.6 Å². The van der Waals surface area contributed by atoms with E-state index in [4.69, 9.17) is 0 Å². The summed E-state index contributed by atoms with van der Waals surface area (Å²) in [7, 11) is 0. The minimum Gasteiger partial charge on any atom is -0.295 e. The molecule has 4 aliphatic carbocycles. The predicted octanol–water partition coefficient (Wildman–Crippen LogP) is 4.67. The van der Waals surface area contributed by atoms with E-state index in [1.165, 1.54) is 18.1 Å². The molecule has 0 aliphatic heterocycles. The minimum atomic E-state index is 0.124. The zero-order valence-electron chi connectivity index (χ0n) is 14.9. The molecule has 0 bridgehead atoms. The number of allylic oxidation sites excluding steroid dienone is 5. The van der Waals surface area contributed by atoms with E-state index in [2.05, 4.69) is 32.6 Å². The highest BCUT2D eigenvalue weighted by Crippen LogP contribution is 2.65. The molecule has 0 radical (unpaired) electrons. The molecule has 2 heteroatoms. The lowest BCUT2D eigenvalue weighted by atomic mass is 9.48. The number of ketones is 2. The first-order valence-electron chi connectivity index (χ1n) is 9.49. The molecule has 128 valence electrons. The SMILES string of the molecule is C=CC(=O)[C@H]1CC[C@H]2[C@@H]3C=CC4=CC(=O)CC[C@]4(C)[C@H]3CC[C@]12C. The molecular weight excluding hydrogens is 296 g/mol. The summed E-state index contributed by atoms with van der Waals surface area (Å²) >= 11 is 0. The molecule has 0 aromatic carbocycles. The van der Waals surface area contributed by atoms with Crippen LogP contribution in [-0.4, -0.2) is 11.6 Å². The zero-order chi connectivity index (χ0) is 17.1. The van der Waals surface area contributed by atoms with Crippen molar-refractivity contribution in [1.82, 2.24) is 0 Å². The first kappa shape index (κ1) is 16.1. The van der Waals surface area contributed by atoms with Crippen molar-refractivity contribution in [3.63, 3.8) is 0 Å². The normalized spacial score (nSPS) is 46.6. The fourth-order valence-electron chi connectivity index (χ4n) is 6.61. The Hall–Kier alpha value is -1.44. The summed E-state index contributed by atoms with van der Waals surface area (Å²) in [5.41, 5.74) is 1.52. The highest BCUT2D eigenvalue weighted by Gasteiger charge is 2.58. The molecule has 0 aromatic heterocycles. The maximum Gasteiger partial charge on any atom is 0.158 e. The van der Waals surface area contributed by atoms with Gasteiger partial charge < -0.3 is 0 Å². The molecule has 0 aromatic rings. The number of carbonyl (C=O) groups is 2. The van der Waals surface area contributed by atoms with Gasteiger partial charge in [0.1, 0.15) is 0 Å². The summed E-state index contributed by atoms with van der Waals surface area (Å²) < 4.78 is 0. The second-order valence-corrected chi connectivity index (χ2v) is 8.91. The minimum absolute atomic E-state index is 0.124. The van der Waals surface area contributed by atoms with Gasteiger partial charge in [0.25, 0.3) is 0 Å². The standard InChI is InChI=1S/C22H28O2/c1-4-20(24)19-8-7-17-16-6-5-14-13-15(23)9-11-21(14,2)18(16)10-12-22(17,19)3/h4-6,13,16-19H,1,7-12H2,2-3H3/t16-,17-,18-,19+,21-,22-/m0/s1. The maximum atomic E-state index is 12.4. The van der Waals surface area contributed by atoms with Crippen LogP contribution in [0.2, 0.25) is 0 Å². The van der Waals surface area contributed by atoms with Crippen LogP contribution in [0.25, 0.3) is 0 Å². The van der Waals surface area contributed by atoms with E-state index in [9.17, 15) is 9.59 Å². The Morgan fingerprint density at radius 3 is 2.75 bits per heavy atom. The Balaban J connectivity index is 1.71. The fraction of sp³-hybridized carbons (Fsp3) is 0.636. The molecule has 4 rings (SSSR count). The van der Waals surface area contributed by atoms with Crippen LogP contribution in [0, 0.1) is 34.5 Å². The van der Waals surface area contributed by atoms with Gasteiger partial charge in [-0.15, -0.1) is 0 Å². The Bertz CT molecular complexity index is 669. The van der Waals surface area contributed by atoms with Crippen LogP contribution in [0.5, 0.6) is 0 Å². The van der Waals surface area contributed by atoms with E-state index in [0.29, 0.717) is 24.2 Å². The van der Waals surface area contributed by atoms with E-state index in [1.807, 2.05) is 6.08 Å². The number of hydrogen-bond acceptors (Lipinski definition) is 2. The van der Waals surface area contributed by atoms with Crippen LogP contribution in [0.3, 0.4) is 0 Å². The molecule has 0 heterocycles. The molecule has 24 heavy (non-hydrogen) atoms. The monoisotopic (exact) mass is 324 g/mol. The van der Waals surface area contributed by atoms with Gasteiger partial charge in [-0.25, -0.2) is 0 Å². The Labute approximate surface area is 145 Å². The summed E-state index contributed by atoms with van der Waals surface area (Å²) in [4.78, 5) is 24.2. The van der Waals surface area contributed by atoms with E-state index in [-0.39, 0.29) is 28.3 Å². The van der Waals surface area contributed by atoms with Crippen molar-refractivity contribution < 1.29 is 9.59 Å². The molecule has 6 atom stereocenters. The third-order valence-corrected chi connectivity index (χ3v) is 8.06. The molecule has 2 nitrogen and oxygen atoms in total. The van der Waals surface area contributed by atoms with Gasteiger partial charge in [-0.05, 0) is 78.4 Å². The molecule has 2 fully saturated rings. The zero-order valence-corrected chi connectivity index (χ0v) is 14.9. The van der Waals surface area contributed by atoms with Crippen molar-refractivity contribution in [3.8, 4) is 0 Å². The molecule has 0 unspecified atom stereocenters. The molecule has 0 spiro atoms. The van der Waals surface area contributed by atoms with Gasteiger partial charge in [-0.3, -0.25) is 9.59 Å².